The monoisotopic (exact) mass is 360 g/mol. The van der Waals surface area contributed by atoms with Crippen molar-refractivity contribution in [1.82, 2.24) is 0 Å². The van der Waals surface area contributed by atoms with Crippen molar-refractivity contribution in [3.63, 3.8) is 0 Å². The minimum absolute atomic E-state index is 0.114. The van der Waals surface area contributed by atoms with Crippen LogP contribution in [0.3, 0.4) is 0 Å². The van der Waals surface area contributed by atoms with Gasteiger partial charge in [-0.15, -0.1) is 0 Å². The quantitative estimate of drug-likeness (QED) is 0.531. The molecule has 0 saturated heterocycles. The van der Waals surface area contributed by atoms with Crippen molar-refractivity contribution in [3.05, 3.63) is 23.3 Å². The molecular weight excluding hydrogens is 324 g/mol. The first-order valence-corrected chi connectivity index (χ1v) is 10.3. The molecule has 2 unspecified atom stereocenters. The first kappa shape index (κ1) is 19.5. The smallest absolute Gasteiger partial charge is 0.200 e. The van der Waals surface area contributed by atoms with Crippen molar-refractivity contribution >= 4 is 0 Å². The summed E-state index contributed by atoms with van der Waals surface area (Å²) < 4.78 is 18.1. The van der Waals surface area contributed by atoms with Crippen LogP contribution in [0.25, 0.3) is 0 Å². The van der Waals surface area contributed by atoms with E-state index in [4.69, 9.17) is 14.2 Å². The maximum atomic E-state index is 6.39. The van der Waals surface area contributed by atoms with Crippen LogP contribution in [0, 0.1) is 0 Å². The summed E-state index contributed by atoms with van der Waals surface area (Å²) in [6.45, 7) is 11.3. The molecular formula is C23H36O3. The molecule has 2 aliphatic heterocycles. The number of hydrogen-bond acceptors (Lipinski definition) is 3. The van der Waals surface area contributed by atoms with E-state index in [1.807, 2.05) is 0 Å². The number of methoxy groups -OCH3 is 1. The molecule has 1 aromatic rings. The summed E-state index contributed by atoms with van der Waals surface area (Å²) in [6.07, 6.45) is 8.13. The van der Waals surface area contributed by atoms with Gasteiger partial charge in [0.1, 0.15) is 17.1 Å². The summed E-state index contributed by atoms with van der Waals surface area (Å²) in [5.41, 5.74) is 2.54. The highest BCUT2D eigenvalue weighted by atomic mass is 16.7. The van der Waals surface area contributed by atoms with E-state index < -0.39 is 0 Å². The van der Waals surface area contributed by atoms with Crippen molar-refractivity contribution in [3.8, 4) is 11.5 Å². The second-order valence-corrected chi connectivity index (χ2v) is 9.36. The molecule has 0 aliphatic carbocycles. The molecule has 3 rings (SSSR count). The molecule has 2 atom stereocenters. The Balaban J connectivity index is 1.92. The molecule has 2 aliphatic rings. The van der Waals surface area contributed by atoms with Gasteiger partial charge in [0.05, 0.1) is 0 Å². The predicted molar refractivity (Wildman–Crippen MR) is 106 cm³/mol. The van der Waals surface area contributed by atoms with E-state index in [0.717, 1.165) is 24.3 Å². The fraction of sp³-hybridized carbons (Fsp3) is 0.739. The van der Waals surface area contributed by atoms with Crippen LogP contribution in [0.2, 0.25) is 0 Å². The molecule has 0 fully saturated rings. The van der Waals surface area contributed by atoms with Crippen LogP contribution < -0.4 is 9.47 Å². The van der Waals surface area contributed by atoms with E-state index in [1.54, 1.807) is 7.11 Å². The minimum Gasteiger partial charge on any atom is -0.487 e. The maximum Gasteiger partial charge on any atom is 0.200 e. The van der Waals surface area contributed by atoms with Gasteiger partial charge in [-0.05, 0) is 49.8 Å². The molecule has 3 heteroatoms. The molecule has 0 spiro atoms. The maximum absolute atomic E-state index is 6.39. The number of unbranched alkanes of at least 4 members (excludes halogenated alkanes) is 3. The molecule has 146 valence electrons. The molecule has 0 radical (unpaired) electrons. The molecule has 0 bridgehead atoms. The van der Waals surface area contributed by atoms with Crippen LogP contribution in [0.15, 0.2) is 12.1 Å². The van der Waals surface area contributed by atoms with E-state index in [1.165, 1.54) is 43.2 Å². The van der Waals surface area contributed by atoms with E-state index in [9.17, 15) is 0 Å². The lowest BCUT2D eigenvalue weighted by molar-refractivity contribution is -0.0807. The lowest BCUT2D eigenvalue weighted by Crippen LogP contribution is -2.39. The Morgan fingerprint density at radius 1 is 1.15 bits per heavy atom. The first-order valence-electron chi connectivity index (χ1n) is 10.3. The van der Waals surface area contributed by atoms with Gasteiger partial charge in [0.15, 0.2) is 6.29 Å². The van der Waals surface area contributed by atoms with Crippen molar-refractivity contribution in [2.75, 3.05) is 7.11 Å². The number of hydrogen-bond donors (Lipinski definition) is 0. The zero-order valence-corrected chi connectivity index (χ0v) is 17.5. The van der Waals surface area contributed by atoms with E-state index in [0.29, 0.717) is 5.92 Å². The Labute approximate surface area is 159 Å². The fourth-order valence-electron chi connectivity index (χ4n) is 4.52. The van der Waals surface area contributed by atoms with Crippen molar-refractivity contribution in [2.45, 2.75) is 103 Å². The summed E-state index contributed by atoms with van der Waals surface area (Å²) in [4.78, 5) is 0. The average molecular weight is 361 g/mol. The van der Waals surface area contributed by atoms with Gasteiger partial charge in [0.2, 0.25) is 0 Å². The second kappa shape index (κ2) is 7.42. The first-order chi connectivity index (χ1) is 12.3. The van der Waals surface area contributed by atoms with Crippen LogP contribution in [0.4, 0.5) is 0 Å². The lowest BCUT2D eigenvalue weighted by atomic mass is 9.76. The minimum atomic E-state index is -0.155. The molecule has 3 nitrogen and oxygen atoms in total. The van der Waals surface area contributed by atoms with Crippen LogP contribution >= 0.6 is 0 Å². The number of rotatable bonds is 7. The number of ether oxygens (including phenoxy) is 3. The summed E-state index contributed by atoms with van der Waals surface area (Å²) in [5.74, 6) is 2.44. The van der Waals surface area contributed by atoms with Gasteiger partial charge in [0, 0.05) is 25.0 Å². The van der Waals surface area contributed by atoms with Crippen molar-refractivity contribution in [1.29, 1.82) is 0 Å². The van der Waals surface area contributed by atoms with Gasteiger partial charge in [-0.2, -0.15) is 0 Å². The summed E-state index contributed by atoms with van der Waals surface area (Å²) in [5, 5.41) is 0. The second-order valence-electron chi connectivity index (χ2n) is 9.36. The Morgan fingerprint density at radius 3 is 2.58 bits per heavy atom. The molecule has 2 heterocycles. The molecule has 0 N–H and O–H groups in total. The third-order valence-electron chi connectivity index (χ3n) is 6.07. The summed E-state index contributed by atoms with van der Waals surface area (Å²) in [6, 6.07) is 4.53. The van der Waals surface area contributed by atoms with E-state index in [2.05, 4.69) is 46.8 Å². The summed E-state index contributed by atoms with van der Waals surface area (Å²) in [7, 11) is 1.74. The molecule has 1 aromatic carbocycles. The summed E-state index contributed by atoms with van der Waals surface area (Å²) >= 11 is 0. The molecule has 0 amide bonds. The Morgan fingerprint density at radius 2 is 1.88 bits per heavy atom. The molecule has 0 saturated carbocycles. The van der Waals surface area contributed by atoms with Crippen molar-refractivity contribution < 1.29 is 14.2 Å². The van der Waals surface area contributed by atoms with Gasteiger partial charge in [0.25, 0.3) is 0 Å². The zero-order chi connectivity index (χ0) is 18.9. The highest BCUT2D eigenvalue weighted by molar-refractivity contribution is 5.54. The largest absolute Gasteiger partial charge is 0.487 e. The highest BCUT2D eigenvalue weighted by Crippen LogP contribution is 2.52. The van der Waals surface area contributed by atoms with Crippen LogP contribution in [0.1, 0.15) is 96.6 Å². The van der Waals surface area contributed by atoms with Gasteiger partial charge in [-0.1, -0.05) is 46.5 Å². The standard InChI is InChI=1S/C23H36O3/c1-7-8-9-10-11-22(2,3)17-13-18-21-16(12-20(24-6)25-18)15-23(4,5)26-19(21)14-17/h13-14,16,20H,7-12,15H2,1-6H3. The molecule has 0 aromatic heterocycles. The lowest BCUT2D eigenvalue weighted by Gasteiger charge is -2.43. The zero-order valence-electron chi connectivity index (χ0n) is 17.5. The van der Waals surface area contributed by atoms with Crippen LogP contribution in [-0.2, 0) is 10.2 Å². The highest BCUT2D eigenvalue weighted by Gasteiger charge is 2.41. The van der Waals surface area contributed by atoms with E-state index >= 15 is 0 Å². The Hall–Kier alpha value is -1.22. The molecule has 26 heavy (non-hydrogen) atoms. The topological polar surface area (TPSA) is 27.7 Å². The van der Waals surface area contributed by atoms with Crippen LogP contribution in [0.5, 0.6) is 11.5 Å². The Kier molecular flexibility index (Phi) is 5.58. The predicted octanol–water partition coefficient (Wildman–Crippen LogP) is 6.33. The average Bonchev–Trinajstić information content (AvgIpc) is 2.56. The van der Waals surface area contributed by atoms with Gasteiger partial charge in [-0.25, -0.2) is 0 Å². The normalized spacial score (nSPS) is 23.8. The van der Waals surface area contributed by atoms with Gasteiger partial charge < -0.3 is 14.2 Å². The third kappa shape index (κ3) is 4.03. The van der Waals surface area contributed by atoms with E-state index in [-0.39, 0.29) is 17.3 Å². The van der Waals surface area contributed by atoms with Crippen LogP contribution in [-0.4, -0.2) is 19.0 Å². The fourth-order valence-corrected chi connectivity index (χ4v) is 4.52. The number of benzene rings is 1. The third-order valence-corrected chi connectivity index (χ3v) is 6.07. The van der Waals surface area contributed by atoms with Gasteiger partial charge >= 0.3 is 0 Å². The van der Waals surface area contributed by atoms with Gasteiger partial charge in [-0.3, -0.25) is 0 Å². The van der Waals surface area contributed by atoms with Crippen molar-refractivity contribution in [2.24, 2.45) is 0 Å². The SMILES string of the molecule is CCCCCCC(C)(C)c1cc2c3c(c1)OC(C)(C)CC3CC(OC)O2. The Bertz CT molecular complexity index is 633.